The quantitative estimate of drug-likeness (QED) is 0.733. The minimum Gasteiger partial charge on any atom is -0.384 e. The Morgan fingerprint density at radius 3 is 2.94 bits per heavy atom. The Morgan fingerprint density at radius 2 is 2.29 bits per heavy atom. The summed E-state index contributed by atoms with van der Waals surface area (Å²) in [5.74, 6) is 2.49. The van der Waals surface area contributed by atoms with Gasteiger partial charge in [0.05, 0.1) is 11.9 Å². The summed E-state index contributed by atoms with van der Waals surface area (Å²) >= 11 is 1.82. The molecule has 1 heterocycles. The summed E-state index contributed by atoms with van der Waals surface area (Å²) < 4.78 is 0. The van der Waals surface area contributed by atoms with E-state index in [0.29, 0.717) is 17.9 Å². The van der Waals surface area contributed by atoms with Crippen LogP contribution in [-0.2, 0) is 4.79 Å². The number of thioether (sulfide) groups is 1. The van der Waals surface area contributed by atoms with Crippen molar-refractivity contribution < 1.29 is 4.79 Å². The molecular weight excluding hydrogens is 234 g/mol. The molecule has 1 rings (SSSR count). The number of nitrogens with zero attached hydrogens (tertiary/aromatic N) is 1. The Bertz CT molecular complexity index is 340. The van der Waals surface area contributed by atoms with Crippen LogP contribution in [0.3, 0.4) is 0 Å². The molecule has 17 heavy (non-hydrogen) atoms. The number of nitrogens with one attached hydrogen (secondary N) is 1. The van der Waals surface area contributed by atoms with E-state index >= 15 is 0 Å². The molecule has 0 bridgehead atoms. The number of pyridine rings is 1. The maximum atomic E-state index is 11.5. The molecule has 94 valence electrons. The van der Waals surface area contributed by atoms with Gasteiger partial charge in [-0.3, -0.25) is 4.79 Å². The molecule has 1 amide bonds. The fraction of sp³-hybridized carbons (Fsp3) is 0.500. The predicted molar refractivity (Wildman–Crippen MR) is 74.1 cm³/mol. The van der Waals surface area contributed by atoms with Crippen molar-refractivity contribution in [1.82, 2.24) is 4.98 Å². The molecule has 1 aromatic heterocycles. The Kier molecular flexibility index (Phi) is 6.47. The van der Waals surface area contributed by atoms with Gasteiger partial charge in [-0.25, -0.2) is 4.98 Å². The van der Waals surface area contributed by atoms with Crippen LogP contribution in [0, 0.1) is 0 Å². The predicted octanol–water partition coefficient (Wildman–Crippen LogP) is 2.53. The van der Waals surface area contributed by atoms with E-state index in [2.05, 4.69) is 17.2 Å². The molecule has 4 nitrogen and oxygen atoms in total. The lowest BCUT2D eigenvalue weighted by molar-refractivity contribution is -0.115. The molecule has 3 N–H and O–H groups in total. The highest BCUT2D eigenvalue weighted by molar-refractivity contribution is 7.99. The molecule has 0 spiro atoms. The lowest BCUT2D eigenvalue weighted by Crippen LogP contribution is -2.12. The maximum absolute atomic E-state index is 11.5. The van der Waals surface area contributed by atoms with Gasteiger partial charge < -0.3 is 11.1 Å². The Morgan fingerprint density at radius 1 is 1.47 bits per heavy atom. The smallest absolute Gasteiger partial charge is 0.225 e. The lowest BCUT2D eigenvalue weighted by atomic mass is 10.3. The molecule has 5 heteroatoms. The largest absolute Gasteiger partial charge is 0.384 e. The topological polar surface area (TPSA) is 68.0 Å². The number of carbonyl (C=O) groups is 1. The van der Waals surface area contributed by atoms with Gasteiger partial charge in [-0.05, 0) is 24.3 Å². The van der Waals surface area contributed by atoms with Gasteiger partial charge in [-0.2, -0.15) is 11.8 Å². The fourth-order valence-electron chi connectivity index (χ4n) is 1.22. The van der Waals surface area contributed by atoms with Crippen LogP contribution in [0.2, 0.25) is 0 Å². The van der Waals surface area contributed by atoms with Gasteiger partial charge in [0.1, 0.15) is 5.82 Å². The van der Waals surface area contributed by atoms with E-state index in [4.69, 9.17) is 5.73 Å². The third-order valence-electron chi connectivity index (χ3n) is 2.19. The SMILES string of the molecule is CCCCSCCC(=O)Nc1ccc(N)nc1. The van der Waals surface area contributed by atoms with E-state index in [1.807, 2.05) is 11.8 Å². The molecule has 0 aliphatic heterocycles. The Labute approximate surface area is 106 Å². The van der Waals surface area contributed by atoms with Crippen LogP contribution >= 0.6 is 11.8 Å². The molecular formula is C12H19N3OS. The minimum atomic E-state index is 0.0283. The normalized spacial score (nSPS) is 10.2. The van der Waals surface area contributed by atoms with E-state index in [-0.39, 0.29) is 5.91 Å². The summed E-state index contributed by atoms with van der Waals surface area (Å²) in [6.07, 6.45) is 4.53. The Hall–Kier alpha value is -1.23. The monoisotopic (exact) mass is 253 g/mol. The van der Waals surface area contributed by atoms with Gasteiger partial charge in [-0.1, -0.05) is 13.3 Å². The van der Waals surface area contributed by atoms with E-state index in [1.54, 1.807) is 18.3 Å². The van der Waals surface area contributed by atoms with Crippen LogP contribution in [0.25, 0.3) is 0 Å². The summed E-state index contributed by atoms with van der Waals surface area (Å²) in [7, 11) is 0. The number of anilines is 2. The van der Waals surface area contributed by atoms with Crippen molar-refractivity contribution in [3.63, 3.8) is 0 Å². The summed E-state index contributed by atoms with van der Waals surface area (Å²) in [6.45, 7) is 2.17. The highest BCUT2D eigenvalue weighted by atomic mass is 32.2. The van der Waals surface area contributed by atoms with Crippen molar-refractivity contribution in [2.24, 2.45) is 0 Å². The molecule has 0 fully saturated rings. The van der Waals surface area contributed by atoms with Gasteiger partial charge in [0.2, 0.25) is 5.91 Å². The van der Waals surface area contributed by atoms with Crippen molar-refractivity contribution >= 4 is 29.2 Å². The van der Waals surface area contributed by atoms with Crippen molar-refractivity contribution in [1.29, 1.82) is 0 Å². The number of nitrogens with two attached hydrogens (primary N) is 1. The zero-order chi connectivity index (χ0) is 12.5. The molecule has 0 aliphatic carbocycles. The van der Waals surface area contributed by atoms with E-state index in [1.165, 1.54) is 12.8 Å². The number of nitrogen functional groups attached to an aromatic ring is 1. The second-order valence-electron chi connectivity index (χ2n) is 3.74. The van der Waals surface area contributed by atoms with Crippen LogP contribution in [0.15, 0.2) is 18.3 Å². The van der Waals surface area contributed by atoms with Gasteiger partial charge in [-0.15, -0.1) is 0 Å². The van der Waals surface area contributed by atoms with Crippen molar-refractivity contribution in [2.75, 3.05) is 22.6 Å². The first-order chi connectivity index (χ1) is 8.22. The summed E-state index contributed by atoms with van der Waals surface area (Å²) in [5.41, 5.74) is 6.15. The second kappa shape index (κ2) is 7.95. The molecule has 0 saturated heterocycles. The highest BCUT2D eigenvalue weighted by Crippen LogP contribution is 2.09. The molecule has 1 aromatic rings. The van der Waals surface area contributed by atoms with Crippen molar-refractivity contribution in [3.05, 3.63) is 18.3 Å². The van der Waals surface area contributed by atoms with E-state index in [0.717, 1.165) is 11.5 Å². The van der Waals surface area contributed by atoms with Crippen LogP contribution in [0.1, 0.15) is 26.2 Å². The zero-order valence-electron chi connectivity index (χ0n) is 10.1. The summed E-state index contributed by atoms with van der Waals surface area (Å²) in [5, 5.41) is 2.79. The van der Waals surface area contributed by atoms with Crippen molar-refractivity contribution in [2.45, 2.75) is 26.2 Å². The number of unbranched alkanes of at least 4 members (excludes halogenated alkanes) is 1. The third-order valence-corrected chi connectivity index (χ3v) is 3.26. The average molecular weight is 253 g/mol. The first-order valence-electron chi connectivity index (χ1n) is 5.81. The standard InChI is InChI=1S/C12H19N3OS/c1-2-3-7-17-8-6-12(16)15-10-4-5-11(13)14-9-10/h4-5,9H,2-3,6-8H2,1H3,(H2,13,14)(H,15,16). The number of hydrogen-bond donors (Lipinski definition) is 2. The number of amides is 1. The van der Waals surface area contributed by atoms with E-state index < -0.39 is 0 Å². The number of carbonyl (C=O) groups excluding carboxylic acids is 1. The van der Waals surface area contributed by atoms with Gasteiger partial charge in [0.15, 0.2) is 0 Å². The van der Waals surface area contributed by atoms with Crippen LogP contribution in [0.4, 0.5) is 11.5 Å². The van der Waals surface area contributed by atoms with Crippen LogP contribution < -0.4 is 11.1 Å². The number of aromatic nitrogens is 1. The van der Waals surface area contributed by atoms with Gasteiger partial charge in [0.25, 0.3) is 0 Å². The number of rotatable bonds is 7. The molecule has 0 aliphatic rings. The van der Waals surface area contributed by atoms with Gasteiger partial charge in [0, 0.05) is 12.2 Å². The third kappa shape index (κ3) is 6.16. The second-order valence-corrected chi connectivity index (χ2v) is 4.96. The molecule has 0 aromatic carbocycles. The lowest BCUT2D eigenvalue weighted by Gasteiger charge is -2.04. The van der Waals surface area contributed by atoms with Crippen molar-refractivity contribution in [3.8, 4) is 0 Å². The Balaban J connectivity index is 2.18. The highest BCUT2D eigenvalue weighted by Gasteiger charge is 2.02. The molecule has 0 atom stereocenters. The van der Waals surface area contributed by atoms with Gasteiger partial charge >= 0.3 is 0 Å². The molecule has 0 saturated carbocycles. The fourth-order valence-corrected chi connectivity index (χ4v) is 2.24. The zero-order valence-corrected chi connectivity index (χ0v) is 10.9. The molecule has 0 unspecified atom stereocenters. The minimum absolute atomic E-state index is 0.0283. The summed E-state index contributed by atoms with van der Waals surface area (Å²) in [6, 6.07) is 3.43. The summed E-state index contributed by atoms with van der Waals surface area (Å²) in [4.78, 5) is 15.5. The first-order valence-corrected chi connectivity index (χ1v) is 6.97. The molecule has 0 radical (unpaired) electrons. The van der Waals surface area contributed by atoms with Crippen LogP contribution in [0.5, 0.6) is 0 Å². The first kappa shape index (κ1) is 13.8. The average Bonchev–Trinajstić information content (AvgIpc) is 2.32. The van der Waals surface area contributed by atoms with E-state index in [9.17, 15) is 4.79 Å². The maximum Gasteiger partial charge on any atom is 0.225 e. The van der Waals surface area contributed by atoms with Crippen LogP contribution in [-0.4, -0.2) is 22.4 Å². The number of hydrogen-bond acceptors (Lipinski definition) is 4.